The molecule has 0 spiro atoms. The summed E-state index contributed by atoms with van der Waals surface area (Å²) in [6, 6.07) is 0. The number of aliphatic hydroxyl groups is 3. The van der Waals surface area contributed by atoms with Gasteiger partial charge in [0.1, 0.15) is 0 Å². The fraction of sp³-hybridized carbons (Fsp3) is 0.714. The lowest BCUT2D eigenvalue weighted by molar-refractivity contribution is -0.343. The van der Waals surface area contributed by atoms with Gasteiger partial charge in [-0.3, -0.25) is 0 Å². The highest BCUT2D eigenvalue weighted by atomic mass is 19.4. The molecule has 0 aromatic carbocycles. The molecule has 0 radical (unpaired) electrons. The van der Waals surface area contributed by atoms with Crippen molar-refractivity contribution < 1.29 is 41.7 Å². The van der Waals surface area contributed by atoms with Crippen LogP contribution in [-0.4, -0.2) is 45.5 Å². The number of alkyl halides is 6. The summed E-state index contributed by atoms with van der Waals surface area (Å²) in [7, 11) is 0. The molecule has 206 valence electrons. The molecule has 37 heavy (non-hydrogen) atoms. The van der Waals surface area contributed by atoms with Crippen LogP contribution in [0.5, 0.6) is 0 Å². The van der Waals surface area contributed by atoms with Gasteiger partial charge in [0, 0.05) is 12.8 Å². The average molecular weight is 533 g/mol. The van der Waals surface area contributed by atoms with Crippen molar-refractivity contribution in [1.82, 2.24) is 0 Å². The van der Waals surface area contributed by atoms with Crippen LogP contribution in [0.25, 0.3) is 0 Å². The highest BCUT2D eigenvalue weighted by Gasteiger charge is 2.70. The maximum absolute atomic E-state index is 13.0. The molecule has 0 saturated heterocycles. The maximum atomic E-state index is 13.0. The van der Waals surface area contributed by atoms with Crippen molar-refractivity contribution in [3.63, 3.8) is 0 Å². The Morgan fingerprint density at radius 1 is 1.03 bits per heavy atom. The third-order valence-electron chi connectivity index (χ3n) is 9.39. The van der Waals surface area contributed by atoms with E-state index in [2.05, 4.69) is 25.5 Å². The van der Waals surface area contributed by atoms with Crippen molar-refractivity contribution in [2.45, 2.75) is 101 Å². The summed E-state index contributed by atoms with van der Waals surface area (Å²) >= 11 is 0. The molecule has 4 aliphatic carbocycles. The summed E-state index contributed by atoms with van der Waals surface area (Å²) in [5, 5.41) is 29.5. The van der Waals surface area contributed by atoms with Crippen LogP contribution < -0.4 is 0 Å². The Kier molecular flexibility index (Phi) is 7.22. The van der Waals surface area contributed by atoms with Gasteiger partial charge in [0.15, 0.2) is 0 Å². The number of allylic oxidation sites excluding steroid dienone is 3. The molecule has 0 aromatic heterocycles. The zero-order chi connectivity index (χ0) is 27.4. The number of hydrogen-bond acceptors (Lipinski definition) is 3. The molecular formula is C28H34F6O3. The smallest absolute Gasteiger partial charge is 0.393 e. The Hall–Kier alpha value is -1.76. The van der Waals surface area contributed by atoms with Crippen LogP contribution in [0.4, 0.5) is 26.3 Å². The molecule has 0 bridgehead atoms. The van der Waals surface area contributed by atoms with Crippen molar-refractivity contribution in [2.75, 3.05) is 0 Å². The fourth-order valence-electron chi connectivity index (χ4n) is 7.17. The second-order valence-corrected chi connectivity index (χ2v) is 11.7. The molecule has 0 aromatic rings. The minimum Gasteiger partial charge on any atom is -0.393 e. The van der Waals surface area contributed by atoms with E-state index in [0.29, 0.717) is 24.8 Å². The molecule has 0 aliphatic heterocycles. The molecule has 4 aliphatic rings. The molecule has 0 unspecified atom stereocenters. The highest BCUT2D eigenvalue weighted by molar-refractivity contribution is 5.39. The predicted molar refractivity (Wildman–Crippen MR) is 126 cm³/mol. The lowest BCUT2D eigenvalue weighted by atomic mass is 9.59. The minimum atomic E-state index is -5.94. The third kappa shape index (κ3) is 5.02. The number of halogens is 6. The van der Waals surface area contributed by atoms with Crippen molar-refractivity contribution in [2.24, 2.45) is 22.7 Å². The number of aliphatic hydroxyl groups excluding tert-OH is 2. The summed E-state index contributed by atoms with van der Waals surface area (Å²) in [6.07, 6.45) is -2.86. The van der Waals surface area contributed by atoms with E-state index in [1.165, 1.54) is 5.57 Å². The van der Waals surface area contributed by atoms with E-state index in [1.54, 1.807) is 0 Å². The molecule has 0 amide bonds. The standard InChI is InChI=1S/C28H34F6O3/c1-17-19(15-20(35)16-22(17)36)7-6-18-5-3-10-24(2)21(18)8-9-23(24)25(13-14-25)11-4-12-26(37,27(29,30)31)28(32,33)34/h6-7,20-23,35-37H,1,3,5,8-11,13-16H2,2H3/b18-6+,19-7-/t20-,21+,22+,23+,24+/m1/s1. The van der Waals surface area contributed by atoms with Crippen LogP contribution in [0.3, 0.4) is 0 Å². The molecule has 9 heteroatoms. The van der Waals surface area contributed by atoms with Crippen LogP contribution >= 0.6 is 0 Å². The molecule has 3 N–H and O–H groups in total. The Labute approximate surface area is 213 Å². The highest BCUT2D eigenvalue weighted by Crippen LogP contribution is 2.69. The lowest BCUT2D eigenvalue weighted by Gasteiger charge is -2.45. The third-order valence-corrected chi connectivity index (χ3v) is 9.39. The number of hydrogen-bond donors (Lipinski definition) is 3. The Balaban J connectivity index is 1.54. The largest absolute Gasteiger partial charge is 0.438 e. The van der Waals surface area contributed by atoms with E-state index < -0.39 is 35.6 Å². The van der Waals surface area contributed by atoms with Gasteiger partial charge in [-0.2, -0.15) is 26.3 Å². The maximum Gasteiger partial charge on any atom is 0.438 e. The van der Waals surface area contributed by atoms with Crippen LogP contribution in [0.1, 0.15) is 71.1 Å². The lowest BCUT2D eigenvalue weighted by Crippen LogP contribution is -2.55. The molecule has 0 heterocycles. The average Bonchev–Trinajstić information content (AvgIpc) is 3.46. The first-order valence-corrected chi connectivity index (χ1v) is 12.8. The summed E-state index contributed by atoms with van der Waals surface area (Å²) in [5.41, 5.74) is -2.93. The van der Waals surface area contributed by atoms with Gasteiger partial charge >= 0.3 is 18.0 Å². The van der Waals surface area contributed by atoms with Gasteiger partial charge in [0.2, 0.25) is 0 Å². The zero-order valence-electron chi connectivity index (χ0n) is 20.9. The van der Waals surface area contributed by atoms with E-state index in [4.69, 9.17) is 0 Å². The van der Waals surface area contributed by atoms with Gasteiger partial charge in [-0.15, -0.1) is 0 Å². The van der Waals surface area contributed by atoms with E-state index in [0.717, 1.165) is 43.6 Å². The molecule has 3 nitrogen and oxygen atoms in total. The van der Waals surface area contributed by atoms with Crippen molar-refractivity contribution in [3.05, 3.63) is 35.5 Å². The monoisotopic (exact) mass is 532 g/mol. The first-order valence-electron chi connectivity index (χ1n) is 12.8. The molecule has 4 saturated carbocycles. The van der Waals surface area contributed by atoms with E-state index in [-0.39, 0.29) is 30.1 Å². The molecule has 4 fully saturated rings. The van der Waals surface area contributed by atoms with Gasteiger partial charge in [0.25, 0.3) is 0 Å². The Morgan fingerprint density at radius 3 is 2.27 bits per heavy atom. The normalized spacial score (nSPS) is 36.3. The zero-order valence-corrected chi connectivity index (χ0v) is 20.9. The quantitative estimate of drug-likeness (QED) is 0.302. The number of rotatable bonds is 3. The van der Waals surface area contributed by atoms with Gasteiger partial charge in [-0.05, 0) is 91.1 Å². The van der Waals surface area contributed by atoms with Crippen molar-refractivity contribution >= 4 is 0 Å². The first-order chi connectivity index (χ1) is 17.0. The first kappa shape index (κ1) is 28.3. The summed E-state index contributed by atoms with van der Waals surface area (Å²) in [5.74, 6) is 3.60. The van der Waals surface area contributed by atoms with E-state index >= 15 is 0 Å². The van der Waals surface area contributed by atoms with E-state index in [9.17, 15) is 41.7 Å². The van der Waals surface area contributed by atoms with E-state index in [1.807, 2.05) is 6.08 Å². The van der Waals surface area contributed by atoms with Gasteiger partial charge in [-0.25, -0.2) is 0 Å². The fourth-order valence-corrected chi connectivity index (χ4v) is 7.17. The minimum absolute atomic E-state index is 0.104. The summed E-state index contributed by atoms with van der Waals surface area (Å²) in [4.78, 5) is 0. The van der Waals surface area contributed by atoms with Crippen molar-refractivity contribution in [3.8, 4) is 11.8 Å². The van der Waals surface area contributed by atoms with Gasteiger partial charge in [0.05, 0.1) is 12.2 Å². The second-order valence-electron chi connectivity index (χ2n) is 11.7. The molecule has 4 rings (SSSR count). The Bertz CT molecular complexity index is 1020. The van der Waals surface area contributed by atoms with Crippen LogP contribution in [-0.2, 0) is 0 Å². The SMILES string of the molecule is C=C1/C(=C\C=C2/CCC[C@]3(C)[C@@H](C4(CC#CC(O)(C(F)(F)F)C(F)(F)F)CC4)CC[C@@H]23)C[C@@H](O)C[C@@H]1O. The summed E-state index contributed by atoms with van der Waals surface area (Å²) < 4.78 is 78.1. The van der Waals surface area contributed by atoms with Gasteiger partial charge < -0.3 is 15.3 Å². The van der Waals surface area contributed by atoms with Crippen LogP contribution in [0.15, 0.2) is 35.5 Å². The number of fused-ring (bicyclic) bond motifs is 1. The molecular weight excluding hydrogens is 498 g/mol. The molecule has 5 atom stereocenters. The van der Waals surface area contributed by atoms with Crippen LogP contribution in [0, 0.1) is 34.5 Å². The summed E-state index contributed by atoms with van der Waals surface area (Å²) in [6.45, 7) is 6.13. The van der Waals surface area contributed by atoms with Crippen LogP contribution in [0.2, 0.25) is 0 Å². The predicted octanol–water partition coefficient (Wildman–Crippen LogP) is 6.16. The second kappa shape index (κ2) is 9.46. The van der Waals surface area contributed by atoms with Gasteiger partial charge in [-0.1, -0.05) is 37.1 Å². The van der Waals surface area contributed by atoms with Crippen molar-refractivity contribution in [1.29, 1.82) is 0 Å². The Morgan fingerprint density at radius 2 is 1.68 bits per heavy atom. The topological polar surface area (TPSA) is 60.7 Å².